The highest BCUT2D eigenvalue weighted by Crippen LogP contribution is 2.07. The second kappa shape index (κ2) is 5.23. The van der Waals surface area contributed by atoms with E-state index in [1.165, 1.54) is 5.57 Å². The third kappa shape index (κ3) is 6.31. The lowest BCUT2D eigenvalue weighted by Gasteiger charge is -1.97. The standard InChI is InChI=1S/C7H13IO/c1-3-4-6(2)5-7(8)9/h5,7,9H,3-4H2,1-2H3. The van der Waals surface area contributed by atoms with E-state index in [0.29, 0.717) is 0 Å². The van der Waals surface area contributed by atoms with E-state index in [2.05, 4.69) is 6.92 Å². The predicted molar refractivity (Wildman–Crippen MR) is 48.7 cm³/mol. The third-order valence-corrected chi connectivity index (χ3v) is 1.43. The molecular weight excluding hydrogens is 227 g/mol. The summed E-state index contributed by atoms with van der Waals surface area (Å²) in [6, 6.07) is 0. The van der Waals surface area contributed by atoms with Crippen LogP contribution in [0.2, 0.25) is 0 Å². The number of hydrogen-bond donors (Lipinski definition) is 1. The molecule has 0 aliphatic carbocycles. The predicted octanol–water partition coefficient (Wildman–Crippen LogP) is 2.49. The van der Waals surface area contributed by atoms with Gasteiger partial charge < -0.3 is 5.11 Å². The molecule has 0 saturated carbocycles. The number of allylic oxidation sites excluding steroid dienone is 1. The minimum Gasteiger partial charge on any atom is -0.379 e. The van der Waals surface area contributed by atoms with Crippen molar-refractivity contribution in [2.75, 3.05) is 0 Å². The van der Waals surface area contributed by atoms with Gasteiger partial charge in [0.05, 0.1) is 0 Å². The third-order valence-electron chi connectivity index (χ3n) is 1.07. The molecule has 9 heavy (non-hydrogen) atoms. The molecule has 54 valence electrons. The molecule has 1 nitrogen and oxygen atoms in total. The summed E-state index contributed by atoms with van der Waals surface area (Å²) in [4.78, 5) is 0. The fourth-order valence-electron chi connectivity index (χ4n) is 0.712. The van der Waals surface area contributed by atoms with Crippen LogP contribution in [0.1, 0.15) is 26.7 Å². The molecule has 0 aromatic carbocycles. The van der Waals surface area contributed by atoms with Crippen LogP contribution in [0, 0.1) is 0 Å². The van der Waals surface area contributed by atoms with Gasteiger partial charge in [-0.1, -0.05) is 18.9 Å². The van der Waals surface area contributed by atoms with E-state index in [9.17, 15) is 0 Å². The quantitative estimate of drug-likeness (QED) is 0.456. The minimum atomic E-state index is -0.311. The number of aliphatic hydroxyl groups excluding tert-OH is 1. The monoisotopic (exact) mass is 240 g/mol. The van der Waals surface area contributed by atoms with Crippen LogP contribution in [0.4, 0.5) is 0 Å². The average molecular weight is 240 g/mol. The number of alkyl halides is 1. The maximum absolute atomic E-state index is 8.86. The molecule has 0 aliphatic rings. The summed E-state index contributed by atoms with van der Waals surface area (Å²) in [5.41, 5.74) is 1.28. The molecular formula is C7H13IO. The zero-order valence-electron chi connectivity index (χ0n) is 5.89. The fourth-order valence-corrected chi connectivity index (χ4v) is 1.33. The Morgan fingerprint density at radius 3 is 2.67 bits per heavy atom. The van der Waals surface area contributed by atoms with Gasteiger partial charge in [0.2, 0.25) is 0 Å². The van der Waals surface area contributed by atoms with Crippen LogP contribution >= 0.6 is 22.6 Å². The first-order valence-corrected chi connectivity index (χ1v) is 4.40. The first kappa shape index (κ1) is 9.43. The van der Waals surface area contributed by atoms with Gasteiger partial charge in [0.1, 0.15) is 4.11 Å². The van der Waals surface area contributed by atoms with Crippen molar-refractivity contribution in [3.05, 3.63) is 11.6 Å². The summed E-state index contributed by atoms with van der Waals surface area (Å²) in [6.07, 6.45) is 4.13. The van der Waals surface area contributed by atoms with Crippen LogP contribution < -0.4 is 0 Å². The first-order valence-electron chi connectivity index (χ1n) is 3.16. The Labute approximate surface area is 70.3 Å². The van der Waals surface area contributed by atoms with Gasteiger partial charge in [0, 0.05) is 0 Å². The van der Waals surface area contributed by atoms with Crippen molar-refractivity contribution < 1.29 is 5.11 Å². The van der Waals surface area contributed by atoms with E-state index in [4.69, 9.17) is 5.11 Å². The molecule has 1 N–H and O–H groups in total. The van der Waals surface area contributed by atoms with Gasteiger partial charge in [0.25, 0.3) is 0 Å². The van der Waals surface area contributed by atoms with E-state index in [-0.39, 0.29) is 4.11 Å². The largest absolute Gasteiger partial charge is 0.379 e. The molecule has 0 radical (unpaired) electrons. The molecule has 0 aromatic heterocycles. The Kier molecular flexibility index (Phi) is 5.48. The Morgan fingerprint density at radius 2 is 2.33 bits per heavy atom. The number of halogens is 1. The summed E-state index contributed by atoms with van der Waals surface area (Å²) < 4.78 is -0.311. The molecule has 0 fully saturated rings. The Bertz CT molecular complexity index is 97.1. The molecule has 0 rings (SSSR count). The van der Waals surface area contributed by atoms with Crippen LogP contribution in [0.3, 0.4) is 0 Å². The second-order valence-corrected chi connectivity index (χ2v) is 3.41. The maximum atomic E-state index is 8.86. The van der Waals surface area contributed by atoms with Gasteiger partial charge in [-0.15, -0.1) is 0 Å². The van der Waals surface area contributed by atoms with Crippen molar-refractivity contribution in [3.63, 3.8) is 0 Å². The second-order valence-electron chi connectivity index (χ2n) is 2.14. The topological polar surface area (TPSA) is 20.2 Å². The Morgan fingerprint density at radius 1 is 1.78 bits per heavy atom. The van der Waals surface area contributed by atoms with Crippen LogP contribution in [0.25, 0.3) is 0 Å². The molecule has 0 aromatic rings. The smallest absolute Gasteiger partial charge is 0.123 e. The average Bonchev–Trinajstić information content (AvgIpc) is 1.63. The maximum Gasteiger partial charge on any atom is 0.123 e. The molecule has 1 unspecified atom stereocenters. The van der Waals surface area contributed by atoms with Crippen molar-refractivity contribution in [2.45, 2.75) is 30.8 Å². The van der Waals surface area contributed by atoms with Crippen molar-refractivity contribution in [1.29, 1.82) is 0 Å². The van der Waals surface area contributed by atoms with Gasteiger partial charge in [-0.3, -0.25) is 0 Å². The summed E-state index contributed by atoms with van der Waals surface area (Å²) in [6.45, 7) is 4.18. The molecule has 0 bridgehead atoms. The normalized spacial score (nSPS) is 15.8. The molecule has 0 heterocycles. The zero-order chi connectivity index (χ0) is 7.28. The lowest BCUT2D eigenvalue weighted by atomic mass is 10.2. The van der Waals surface area contributed by atoms with E-state index in [1.54, 1.807) is 0 Å². The highest BCUT2D eigenvalue weighted by molar-refractivity contribution is 14.1. The lowest BCUT2D eigenvalue weighted by molar-refractivity contribution is 0.323. The summed E-state index contributed by atoms with van der Waals surface area (Å²) >= 11 is 1.98. The molecule has 1 atom stereocenters. The van der Waals surface area contributed by atoms with Gasteiger partial charge in [-0.25, -0.2) is 0 Å². The summed E-state index contributed by atoms with van der Waals surface area (Å²) in [5, 5.41) is 8.86. The number of rotatable bonds is 3. The van der Waals surface area contributed by atoms with Crippen LogP contribution in [-0.2, 0) is 0 Å². The number of hydrogen-bond acceptors (Lipinski definition) is 1. The SMILES string of the molecule is CCCC(C)=CC(O)I. The fraction of sp³-hybridized carbons (Fsp3) is 0.714. The van der Waals surface area contributed by atoms with E-state index >= 15 is 0 Å². The van der Waals surface area contributed by atoms with E-state index in [1.807, 2.05) is 35.6 Å². The van der Waals surface area contributed by atoms with Crippen molar-refractivity contribution in [3.8, 4) is 0 Å². The Hall–Kier alpha value is 0.430. The van der Waals surface area contributed by atoms with Gasteiger partial charge >= 0.3 is 0 Å². The Balaban J connectivity index is 3.55. The lowest BCUT2D eigenvalue weighted by Crippen LogP contribution is -1.89. The summed E-state index contributed by atoms with van der Waals surface area (Å²) in [5.74, 6) is 0. The van der Waals surface area contributed by atoms with Crippen molar-refractivity contribution in [1.82, 2.24) is 0 Å². The molecule has 2 heteroatoms. The van der Waals surface area contributed by atoms with Crippen molar-refractivity contribution in [2.24, 2.45) is 0 Å². The van der Waals surface area contributed by atoms with Crippen LogP contribution in [-0.4, -0.2) is 9.22 Å². The zero-order valence-corrected chi connectivity index (χ0v) is 8.05. The van der Waals surface area contributed by atoms with Crippen LogP contribution in [0.5, 0.6) is 0 Å². The molecule has 0 amide bonds. The van der Waals surface area contributed by atoms with Gasteiger partial charge in [-0.2, -0.15) is 0 Å². The van der Waals surface area contributed by atoms with E-state index < -0.39 is 0 Å². The van der Waals surface area contributed by atoms with Crippen LogP contribution in [0.15, 0.2) is 11.6 Å². The van der Waals surface area contributed by atoms with Gasteiger partial charge in [-0.05, 0) is 42.0 Å². The molecule has 0 saturated heterocycles. The van der Waals surface area contributed by atoms with Crippen molar-refractivity contribution >= 4 is 22.6 Å². The van der Waals surface area contributed by atoms with Gasteiger partial charge in [0.15, 0.2) is 0 Å². The highest BCUT2D eigenvalue weighted by atomic mass is 127. The van der Waals surface area contributed by atoms with E-state index in [0.717, 1.165) is 12.8 Å². The molecule has 0 spiro atoms. The first-order chi connectivity index (χ1) is 4.16. The highest BCUT2D eigenvalue weighted by Gasteiger charge is 1.91. The minimum absolute atomic E-state index is 0.311. The molecule has 0 aliphatic heterocycles. The number of aliphatic hydroxyl groups is 1. The summed E-state index contributed by atoms with van der Waals surface area (Å²) in [7, 11) is 0.